The van der Waals surface area contributed by atoms with Crippen molar-refractivity contribution in [1.29, 1.82) is 0 Å². The van der Waals surface area contributed by atoms with Gasteiger partial charge in [0.15, 0.2) is 0 Å². The Labute approximate surface area is 133 Å². The summed E-state index contributed by atoms with van der Waals surface area (Å²) in [7, 11) is -2.49. The predicted octanol–water partition coefficient (Wildman–Crippen LogP) is 1.82. The summed E-state index contributed by atoms with van der Waals surface area (Å²) in [5, 5.41) is 14.2. The monoisotopic (exact) mass is 336 g/mol. The molecule has 0 saturated heterocycles. The van der Waals surface area contributed by atoms with Crippen LogP contribution in [0.2, 0.25) is 0 Å². The Kier molecular flexibility index (Phi) is 4.92. The molecule has 1 aromatic heterocycles. The van der Waals surface area contributed by atoms with Gasteiger partial charge in [-0.25, -0.2) is 13.1 Å². The Hall–Kier alpha value is -2.52. The molecular weight excluding hydrogens is 320 g/mol. The highest BCUT2D eigenvalue weighted by molar-refractivity contribution is 7.89. The molecule has 2 aromatic rings. The predicted molar refractivity (Wildman–Crippen MR) is 85.6 cm³/mol. The third-order valence-corrected chi connectivity index (χ3v) is 4.76. The van der Waals surface area contributed by atoms with Crippen LogP contribution in [0.15, 0.2) is 41.6 Å². The van der Waals surface area contributed by atoms with E-state index in [1.807, 2.05) is 13.0 Å². The van der Waals surface area contributed by atoms with Gasteiger partial charge in [-0.05, 0) is 43.3 Å². The first kappa shape index (κ1) is 16.8. The van der Waals surface area contributed by atoms with Gasteiger partial charge < -0.3 is 5.32 Å². The summed E-state index contributed by atoms with van der Waals surface area (Å²) >= 11 is 0. The summed E-state index contributed by atoms with van der Waals surface area (Å²) < 4.78 is 25.6. The Balaban J connectivity index is 2.32. The van der Waals surface area contributed by atoms with Crippen molar-refractivity contribution in [3.63, 3.8) is 0 Å². The van der Waals surface area contributed by atoms with Crippen molar-refractivity contribution in [1.82, 2.24) is 9.71 Å². The molecule has 0 aliphatic rings. The Morgan fingerprint density at radius 1 is 1.30 bits per heavy atom. The molecule has 122 valence electrons. The molecule has 2 N–H and O–H groups in total. The normalized spacial score (nSPS) is 11.2. The van der Waals surface area contributed by atoms with Crippen LogP contribution < -0.4 is 10.0 Å². The van der Waals surface area contributed by atoms with Crippen molar-refractivity contribution in [2.24, 2.45) is 0 Å². The van der Waals surface area contributed by atoms with E-state index in [-0.39, 0.29) is 16.3 Å². The van der Waals surface area contributed by atoms with Gasteiger partial charge >= 0.3 is 0 Å². The smallest absolute Gasteiger partial charge is 0.293 e. The van der Waals surface area contributed by atoms with Crippen LogP contribution in [-0.2, 0) is 16.6 Å². The minimum absolute atomic E-state index is 0.155. The standard InChI is InChI=1S/C14H16N4O4S/c1-10-8-16-6-5-11(10)9-17-13-4-3-12(23(21,22)15-2)7-14(13)18(19)20/h3-8,15,17H,9H2,1-2H3. The molecular formula is C14H16N4O4S. The highest BCUT2D eigenvalue weighted by Gasteiger charge is 2.20. The van der Waals surface area contributed by atoms with E-state index in [1.54, 1.807) is 12.4 Å². The first-order chi connectivity index (χ1) is 10.8. The zero-order valence-corrected chi connectivity index (χ0v) is 13.4. The molecule has 1 heterocycles. The van der Waals surface area contributed by atoms with Crippen LogP contribution in [0.5, 0.6) is 0 Å². The molecule has 9 heteroatoms. The number of aryl methyl sites for hydroxylation is 1. The third kappa shape index (κ3) is 3.82. The van der Waals surface area contributed by atoms with Crippen molar-refractivity contribution in [3.05, 3.63) is 57.9 Å². The second-order valence-electron chi connectivity index (χ2n) is 4.80. The summed E-state index contributed by atoms with van der Waals surface area (Å²) in [5.74, 6) is 0. The number of sulfonamides is 1. The van der Waals surface area contributed by atoms with Gasteiger partial charge in [0, 0.05) is 25.0 Å². The quantitative estimate of drug-likeness (QED) is 0.614. The molecule has 0 spiro atoms. The average Bonchev–Trinajstić information content (AvgIpc) is 2.53. The molecule has 0 aliphatic carbocycles. The fraction of sp³-hybridized carbons (Fsp3) is 0.214. The van der Waals surface area contributed by atoms with Gasteiger partial charge in [0.25, 0.3) is 5.69 Å². The van der Waals surface area contributed by atoms with E-state index in [1.165, 1.54) is 19.2 Å². The maximum absolute atomic E-state index is 11.7. The second-order valence-corrected chi connectivity index (χ2v) is 6.69. The van der Waals surface area contributed by atoms with Crippen LogP contribution >= 0.6 is 0 Å². The van der Waals surface area contributed by atoms with Gasteiger partial charge in [0.1, 0.15) is 5.69 Å². The van der Waals surface area contributed by atoms with E-state index in [2.05, 4.69) is 15.0 Å². The van der Waals surface area contributed by atoms with Crippen LogP contribution in [0.4, 0.5) is 11.4 Å². The summed E-state index contributed by atoms with van der Waals surface area (Å²) in [5.41, 5.74) is 1.85. The lowest BCUT2D eigenvalue weighted by molar-refractivity contribution is -0.384. The van der Waals surface area contributed by atoms with E-state index >= 15 is 0 Å². The molecule has 0 atom stereocenters. The average molecular weight is 336 g/mol. The highest BCUT2D eigenvalue weighted by Crippen LogP contribution is 2.28. The van der Waals surface area contributed by atoms with Gasteiger partial charge in [-0.15, -0.1) is 0 Å². The van der Waals surface area contributed by atoms with Gasteiger partial charge in [-0.3, -0.25) is 15.1 Å². The number of anilines is 1. The van der Waals surface area contributed by atoms with Crippen LogP contribution in [-0.4, -0.2) is 25.4 Å². The SMILES string of the molecule is CNS(=O)(=O)c1ccc(NCc2ccncc2C)c([N+](=O)[O-])c1. The Morgan fingerprint density at radius 3 is 2.65 bits per heavy atom. The number of rotatable bonds is 6. The summed E-state index contributed by atoms with van der Waals surface area (Å²) in [6, 6.07) is 5.56. The minimum atomic E-state index is -3.74. The molecule has 0 fully saturated rings. The molecule has 2 rings (SSSR count). The van der Waals surface area contributed by atoms with Crippen LogP contribution in [0.1, 0.15) is 11.1 Å². The lowest BCUT2D eigenvalue weighted by atomic mass is 10.1. The van der Waals surface area contributed by atoms with Crippen LogP contribution in [0.3, 0.4) is 0 Å². The summed E-state index contributed by atoms with van der Waals surface area (Å²) in [4.78, 5) is 14.4. The van der Waals surface area contributed by atoms with E-state index in [0.29, 0.717) is 6.54 Å². The molecule has 1 aromatic carbocycles. The fourth-order valence-corrected chi connectivity index (χ4v) is 2.74. The zero-order valence-electron chi connectivity index (χ0n) is 12.6. The Bertz CT molecular complexity index is 836. The van der Waals surface area contributed by atoms with Gasteiger partial charge in [0.2, 0.25) is 10.0 Å². The Morgan fingerprint density at radius 2 is 2.04 bits per heavy atom. The van der Waals surface area contributed by atoms with Crippen molar-refractivity contribution in [2.75, 3.05) is 12.4 Å². The maximum atomic E-state index is 11.7. The first-order valence-corrected chi connectivity index (χ1v) is 8.19. The fourth-order valence-electron chi connectivity index (χ4n) is 1.99. The van der Waals surface area contributed by atoms with Crippen molar-refractivity contribution < 1.29 is 13.3 Å². The molecule has 0 amide bonds. The molecule has 0 unspecified atom stereocenters. The lowest BCUT2D eigenvalue weighted by Crippen LogP contribution is -2.18. The molecule has 8 nitrogen and oxygen atoms in total. The summed E-state index contributed by atoms with van der Waals surface area (Å²) in [6.07, 6.45) is 3.34. The number of pyridine rings is 1. The topological polar surface area (TPSA) is 114 Å². The number of nitrogens with zero attached hydrogens (tertiary/aromatic N) is 2. The van der Waals surface area contributed by atoms with Crippen molar-refractivity contribution >= 4 is 21.4 Å². The van der Waals surface area contributed by atoms with E-state index in [4.69, 9.17) is 0 Å². The largest absolute Gasteiger partial charge is 0.375 e. The second kappa shape index (κ2) is 6.71. The number of nitro groups is 1. The van der Waals surface area contributed by atoms with Crippen molar-refractivity contribution in [2.45, 2.75) is 18.4 Å². The number of nitro benzene ring substituents is 1. The third-order valence-electron chi connectivity index (χ3n) is 3.35. The highest BCUT2D eigenvalue weighted by atomic mass is 32.2. The number of hydrogen-bond donors (Lipinski definition) is 2. The van der Waals surface area contributed by atoms with Crippen LogP contribution in [0.25, 0.3) is 0 Å². The number of nitrogens with one attached hydrogen (secondary N) is 2. The van der Waals surface area contributed by atoms with Gasteiger partial charge in [-0.2, -0.15) is 0 Å². The summed E-state index contributed by atoms with van der Waals surface area (Å²) in [6.45, 7) is 2.26. The van der Waals surface area contributed by atoms with Gasteiger partial charge in [0.05, 0.1) is 9.82 Å². The minimum Gasteiger partial charge on any atom is -0.375 e. The van der Waals surface area contributed by atoms with E-state index in [0.717, 1.165) is 17.2 Å². The lowest BCUT2D eigenvalue weighted by Gasteiger charge is -2.10. The van der Waals surface area contributed by atoms with E-state index in [9.17, 15) is 18.5 Å². The zero-order chi connectivity index (χ0) is 17.0. The maximum Gasteiger partial charge on any atom is 0.293 e. The number of hydrogen-bond acceptors (Lipinski definition) is 6. The first-order valence-electron chi connectivity index (χ1n) is 6.70. The molecule has 0 radical (unpaired) electrons. The molecule has 0 bridgehead atoms. The van der Waals surface area contributed by atoms with Crippen molar-refractivity contribution in [3.8, 4) is 0 Å². The molecule has 23 heavy (non-hydrogen) atoms. The number of aromatic nitrogens is 1. The molecule has 0 saturated carbocycles. The number of benzene rings is 1. The van der Waals surface area contributed by atoms with Crippen LogP contribution in [0, 0.1) is 17.0 Å². The molecule has 0 aliphatic heterocycles. The van der Waals surface area contributed by atoms with Gasteiger partial charge in [-0.1, -0.05) is 0 Å². The van der Waals surface area contributed by atoms with E-state index < -0.39 is 14.9 Å².